The van der Waals surface area contributed by atoms with Crippen molar-refractivity contribution in [2.75, 3.05) is 18.8 Å². The number of anilines is 1. The van der Waals surface area contributed by atoms with Crippen LogP contribution in [0.15, 0.2) is 18.2 Å². The number of alkyl carbamates (subject to hydrolysis) is 2. The number of benzene rings is 1. The molecule has 0 saturated carbocycles. The van der Waals surface area contributed by atoms with Crippen LogP contribution < -0.4 is 23.0 Å². The van der Waals surface area contributed by atoms with Crippen molar-refractivity contribution >= 4 is 11.8 Å². The van der Waals surface area contributed by atoms with Gasteiger partial charge in [-0.2, -0.15) is 4.79 Å². The molecule has 20 heavy (non-hydrogen) atoms. The highest BCUT2D eigenvalue weighted by molar-refractivity contribution is 5.57. The fourth-order valence-electron chi connectivity index (χ4n) is 2.37. The maximum absolute atomic E-state index is 12.1. The molecule has 1 aliphatic heterocycles. The average molecular weight is 299 g/mol. The summed E-state index contributed by atoms with van der Waals surface area (Å²) < 4.78 is 5.45. The monoisotopic (exact) mass is 298 g/mol. The van der Waals surface area contributed by atoms with E-state index >= 15 is 0 Å². The maximum Gasteiger partial charge on any atom is 0.514 e. The third-order valence-electron chi connectivity index (χ3n) is 3.31. The second kappa shape index (κ2) is 6.46. The first-order valence-corrected chi connectivity index (χ1v) is 6.80. The highest BCUT2D eigenvalue weighted by Crippen LogP contribution is 2.15. The van der Waals surface area contributed by atoms with Gasteiger partial charge < -0.3 is 22.9 Å². The minimum absolute atomic E-state index is 0. The van der Waals surface area contributed by atoms with Gasteiger partial charge in [0.2, 0.25) is 0 Å². The molecule has 1 amide bonds. The minimum atomic E-state index is -0.423. The van der Waals surface area contributed by atoms with Gasteiger partial charge in [-0.05, 0) is 44.0 Å². The summed E-state index contributed by atoms with van der Waals surface area (Å²) in [7, 11) is 0. The highest BCUT2D eigenvalue weighted by atomic mass is 35.5. The van der Waals surface area contributed by atoms with E-state index in [1.165, 1.54) is 11.1 Å². The van der Waals surface area contributed by atoms with Gasteiger partial charge in [0.1, 0.15) is 5.60 Å². The third kappa shape index (κ3) is 4.39. The summed E-state index contributed by atoms with van der Waals surface area (Å²) in [5, 5.41) is 0. The number of carbonyl (C=O) groups is 1. The molecule has 0 spiro atoms. The number of fused-ring (bicyclic) bond motifs is 1. The molecular formula is C15H23ClN2O2. The van der Waals surface area contributed by atoms with E-state index in [1.54, 1.807) is 0 Å². The van der Waals surface area contributed by atoms with Crippen molar-refractivity contribution in [1.29, 1.82) is 0 Å². The van der Waals surface area contributed by atoms with Gasteiger partial charge in [-0.3, -0.25) is 0 Å². The maximum atomic E-state index is 12.1. The van der Waals surface area contributed by atoms with Gasteiger partial charge in [0.15, 0.2) is 0 Å². The van der Waals surface area contributed by atoms with Crippen LogP contribution in [0.5, 0.6) is 0 Å². The van der Waals surface area contributed by atoms with Crippen molar-refractivity contribution in [3.05, 3.63) is 29.3 Å². The summed E-state index contributed by atoms with van der Waals surface area (Å²) in [6.45, 7) is 7.25. The number of nitrogens with one attached hydrogen (secondary N) is 1. The lowest BCUT2D eigenvalue weighted by atomic mass is 10.0. The van der Waals surface area contributed by atoms with Gasteiger partial charge in [-0.1, -0.05) is 6.07 Å². The lowest BCUT2D eigenvalue weighted by Crippen LogP contribution is -3.15. The molecule has 3 N–H and O–H groups in total. The normalized spacial score (nSPS) is 18.4. The van der Waals surface area contributed by atoms with E-state index in [9.17, 15) is 4.79 Å². The molecule has 1 aliphatic rings. The van der Waals surface area contributed by atoms with Crippen LogP contribution in [0.25, 0.3) is 0 Å². The Balaban J connectivity index is 0.00000200. The zero-order valence-corrected chi connectivity index (χ0v) is 13.1. The van der Waals surface area contributed by atoms with Crippen LogP contribution in [0.2, 0.25) is 0 Å². The predicted molar refractivity (Wildman–Crippen MR) is 75.2 cm³/mol. The van der Waals surface area contributed by atoms with E-state index < -0.39 is 5.60 Å². The third-order valence-corrected chi connectivity index (χ3v) is 3.31. The summed E-state index contributed by atoms with van der Waals surface area (Å²) in [6, 6.07) is 6.02. The molecular weight excluding hydrogens is 276 g/mol. The van der Waals surface area contributed by atoms with E-state index in [4.69, 9.17) is 10.5 Å². The Morgan fingerprint density at radius 1 is 1.20 bits per heavy atom. The molecule has 0 aliphatic carbocycles. The number of halogens is 1. The predicted octanol–water partition coefficient (Wildman–Crippen LogP) is -1.81. The molecule has 0 aromatic heterocycles. The number of nitrogen functional groups attached to an aromatic ring is 1. The largest absolute Gasteiger partial charge is 1.00 e. The Bertz CT molecular complexity index is 483. The standard InChI is InChI=1S/C15H22N2O2.ClH/c1-15(2,3)19-14(18)17-8-6-11-4-5-13(16)10-12(11)7-9-17;/h4-5,10H,6-9,16H2,1-3H3;1H. The Morgan fingerprint density at radius 2 is 1.80 bits per heavy atom. The van der Waals surface area contributed by atoms with Crippen molar-refractivity contribution < 1.29 is 26.8 Å². The molecule has 0 bridgehead atoms. The summed E-state index contributed by atoms with van der Waals surface area (Å²) in [6.07, 6.45) is 1.62. The number of nitrogens with two attached hydrogens (primary N) is 1. The van der Waals surface area contributed by atoms with E-state index in [0.29, 0.717) is 0 Å². The summed E-state index contributed by atoms with van der Waals surface area (Å²) in [5.74, 6) is 0. The molecule has 1 atom stereocenters. The van der Waals surface area contributed by atoms with Crippen molar-refractivity contribution in [3.63, 3.8) is 0 Å². The Morgan fingerprint density at radius 3 is 2.40 bits per heavy atom. The van der Waals surface area contributed by atoms with Crippen LogP contribution in [-0.4, -0.2) is 24.8 Å². The number of rotatable bonds is 0. The number of amides is 1. The SMILES string of the molecule is CC(C)(C)OC(=O)[NH+]1CCc2ccc(N)cc2CC1.[Cl-]. The first-order valence-electron chi connectivity index (χ1n) is 6.80. The van der Waals surface area contributed by atoms with Crippen LogP contribution >= 0.6 is 0 Å². The molecule has 2 rings (SSSR count). The quantitative estimate of drug-likeness (QED) is 0.555. The summed E-state index contributed by atoms with van der Waals surface area (Å²) >= 11 is 0. The number of carbonyl (C=O) groups excluding carboxylic acids is 1. The van der Waals surface area contributed by atoms with Gasteiger partial charge in [0, 0.05) is 18.5 Å². The van der Waals surface area contributed by atoms with Gasteiger partial charge >= 0.3 is 6.09 Å². The lowest BCUT2D eigenvalue weighted by Gasteiger charge is -2.22. The van der Waals surface area contributed by atoms with Crippen molar-refractivity contribution in [1.82, 2.24) is 0 Å². The van der Waals surface area contributed by atoms with Crippen LogP contribution in [0, 0.1) is 0 Å². The number of quaternary nitrogens is 1. The fraction of sp³-hybridized carbons (Fsp3) is 0.533. The van der Waals surface area contributed by atoms with E-state index in [1.807, 2.05) is 32.9 Å². The number of ether oxygens (including phenoxy) is 1. The molecule has 5 heteroatoms. The molecule has 4 nitrogen and oxygen atoms in total. The summed E-state index contributed by atoms with van der Waals surface area (Å²) in [5.41, 5.74) is 8.74. The van der Waals surface area contributed by atoms with Gasteiger partial charge in [0.25, 0.3) is 0 Å². The molecule has 1 aromatic carbocycles. The van der Waals surface area contributed by atoms with Gasteiger partial charge in [0.05, 0.1) is 13.1 Å². The molecule has 112 valence electrons. The van der Waals surface area contributed by atoms with E-state index in [-0.39, 0.29) is 18.5 Å². The Labute approximate surface area is 126 Å². The molecule has 0 radical (unpaired) electrons. The molecule has 1 unspecified atom stereocenters. The van der Waals surface area contributed by atoms with E-state index in [2.05, 4.69) is 6.07 Å². The average Bonchev–Trinajstić information content (AvgIpc) is 2.48. The highest BCUT2D eigenvalue weighted by Gasteiger charge is 2.28. The zero-order valence-electron chi connectivity index (χ0n) is 12.3. The van der Waals surface area contributed by atoms with Gasteiger partial charge in [-0.25, -0.2) is 4.90 Å². The molecule has 1 heterocycles. The topological polar surface area (TPSA) is 56.8 Å². The fourth-order valence-corrected chi connectivity index (χ4v) is 2.37. The number of hydrogen-bond donors (Lipinski definition) is 2. The van der Waals surface area contributed by atoms with Gasteiger partial charge in [-0.15, -0.1) is 0 Å². The second-order valence-corrected chi connectivity index (χ2v) is 6.13. The Hall–Kier alpha value is -1.26. The summed E-state index contributed by atoms with van der Waals surface area (Å²) in [4.78, 5) is 13.0. The minimum Gasteiger partial charge on any atom is -1.00 e. The smallest absolute Gasteiger partial charge is 0.514 e. The van der Waals surface area contributed by atoms with Crippen molar-refractivity contribution in [3.8, 4) is 0 Å². The lowest BCUT2D eigenvalue weighted by molar-refractivity contribution is -0.823. The second-order valence-electron chi connectivity index (χ2n) is 6.13. The first kappa shape index (κ1) is 16.8. The Kier molecular flexibility index (Phi) is 5.42. The van der Waals surface area contributed by atoms with Crippen molar-refractivity contribution in [2.24, 2.45) is 0 Å². The van der Waals surface area contributed by atoms with Crippen LogP contribution in [0.4, 0.5) is 10.5 Å². The van der Waals surface area contributed by atoms with Crippen LogP contribution in [0.3, 0.4) is 0 Å². The van der Waals surface area contributed by atoms with Crippen LogP contribution in [-0.2, 0) is 17.6 Å². The van der Waals surface area contributed by atoms with Crippen molar-refractivity contribution in [2.45, 2.75) is 39.2 Å². The van der Waals surface area contributed by atoms with Crippen LogP contribution in [0.1, 0.15) is 31.9 Å². The zero-order chi connectivity index (χ0) is 14.0. The number of hydrogen-bond acceptors (Lipinski definition) is 3. The van der Waals surface area contributed by atoms with E-state index in [0.717, 1.165) is 36.5 Å². The molecule has 1 aromatic rings. The first-order chi connectivity index (χ1) is 8.85. The molecule has 0 saturated heterocycles. The molecule has 0 fully saturated rings.